The first-order valence-electron chi connectivity index (χ1n) is 8.29. The Bertz CT molecular complexity index is 1330. The summed E-state index contributed by atoms with van der Waals surface area (Å²) in [7, 11) is 0. The topological polar surface area (TPSA) is 138 Å². The Morgan fingerprint density at radius 3 is 2.03 bits per heavy atom. The van der Waals surface area contributed by atoms with Crippen molar-refractivity contribution in [2.75, 3.05) is 0 Å². The number of carbonyl (C=O) groups excluding carboxylic acids is 2. The van der Waals surface area contributed by atoms with Crippen LogP contribution in [0.15, 0.2) is 46.8 Å². The molecule has 1 heterocycles. The lowest BCUT2D eigenvalue weighted by molar-refractivity contribution is -0.385. The number of hydrogen-bond donors (Lipinski definition) is 0. The lowest BCUT2D eigenvalue weighted by atomic mass is 10.1. The van der Waals surface area contributed by atoms with Gasteiger partial charge in [0.15, 0.2) is 4.80 Å². The first kappa shape index (κ1) is 21.6. The van der Waals surface area contributed by atoms with Crippen LogP contribution in [0.4, 0.5) is 20.2 Å². The largest absolute Gasteiger partial charge is 0.286 e. The number of benzene rings is 2. The molecule has 0 saturated heterocycles. The maximum Gasteiger partial charge on any atom is 0.286 e. The summed E-state index contributed by atoms with van der Waals surface area (Å²) < 4.78 is 28.0. The summed E-state index contributed by atoms with van der Waals surface area (Å²) in [6.07, 6.45) is 0. The highest BCUT2D eigenvalue weighted by molar-refractivity contribution is 7.07. The summed E-state index contributed by atoms with van der Waals surface area (Å²) in [6.45, 7) is 1.44. The monoisotopic (exact) mass is 448 g/mol. The highest BCUT2D eigenvalue weighted by Crippen LogP contribution is 2.22. The fourth-order valence-electron chi connectivity index (χ4n) is 2.66. The smallest absolute Gasteiger partial charge is 0.268 e. The van der Waals surface area contributed by atoms with Gasteiger partial charge in [0.05, 0.1) is 9.85 Å². The standard InChI is InChI=1S/C18H10F2N4O6S/c1-9-8-31-18(21-16(25)12-6-10(19)2-4-14(12)23(27)28)22(9)17(26)13-7-11(20)3-5-15(13)24(29)30/h2-8H,1H3. The molecule has 0 radical (unpaired) electrons. The second-order valence-electron chi connectivity index (χ2n) is 6.05. The molecule has 0 atom stereocenters. The summed E-state index contributed by atoms with van der Waals surface area (Å²) in [5.41, 5.74) is -2.37. The van der Waals surface area contributed by atoms with Crippen LogP contribution in [0, 0.1) is 38.8 Å². The molecule has 3 rings (SSSR count). The number of halogens is 2. The molecule has 0 aliphatic rings. The fourth-order valence-corrected chi connectivity index (χ4v) is 3.51. The van der Waals surface area contributed by atoms with Crippen molar-refractivity contribution in [3.05, 3.63) is 95.3 Å². The van der Waals surface area contributed by atoms with Crippen LogP contribution in [0.2, 0.25) is 0 Å². The van der Waals surface area contributed by atoms with E-state index in [1.807, 2.05) is 0 Å². The highest BCUT2D eigenvalue weighted by atomic mass is 32.1. The number of rotatable bonds is 4. The second kappa shape index (κ2) is 8.31. The van der Waals surface area contributed by atoms with E-state index in [1.54, 1.807) is 0 Å². The van der Waals surface area contributed by atoms with Crippen LogP contribution in [-0.2, 0) is 0 Å². The van der Waals surface area contributed by atoms with Gasteiger partial charge >= 0.3 is 0 Å². The minimum absolute atomic E-state index is 0.217. The van der Waals surface area contributed by atoms with Gasteiger partial charge in [-0.25, -0.2) is 8.78 Å². The zero-order valence-electron chi connectivity index (χ0n) is 15.4. The van der Waals surface area contributed by atoms with Gasteiger partial charge in [0.25, 0.3) is 23.2 Å². The third-order valence-corrected chi connectivity index (χ3v) is 4.99. The van der Waals surface area contributed by atoms with E-state index < -0.39 is 55.8 Å². The molecule has 1 amide bonds. The molecular weight excluding hydrogens is 438 g/mol. The predicted octanol–water partition coefficient (Wildman–Crippen LogP) is 3.38. The van der Waals surface area contributed by atoms with Crippen molar-refractivity contribution in [2.24, 2.45) is 4.99 Å². The molecule has 13 heteroatoms. The van der Waals surface area contributed by atoms with Gasteiger partial charge in [-0.1, -0.05) is 0 Å². The average molecular weight is 448 g/mol. The van der Waals surface area contributed by atoms with Crippen molar-refractivity contribution in [3.8, 4) is 0 Å². The Labute approximate surface area is 175 Å². The van der Waals surface area contributed by atoms with Crippen molar-refractivity contribution < 1.29 is 28.2 Å². The number of nitro benzene ring substituents is 2. The van der Waals surface area contributed by atoms with Crippen molar-refractivity contribution in [1.29, 1.82) is 0 Å². The zero-order valence-corrected chi connectivity index (χ0v) is 16.3. The Kier molecular flexibility index (Phi) is 5.79. The minimum atomic E-state index is -1.21. The number of hydrogen-bond acceptors (Lipinski definition) is 7. The van der Waals surface area contributed by atoms with Crippen molar-refractivity contribution in [1.82, 2.24) is 4.57 Å². The molecule has 2 aromatic carbocycles. The van der Waals surface area contributed by atoms with E-state index in [4.69, 9.17) is 0 Å². The molecule has 0 spiro atoms. The molecule has 0 fully saturated rings. The molecule has 3 aromatic rings. The maximum atomic E-state index is 13.6. The first-order valence-corrected chi connectivity index (χ1v) is 9.17. The molecule has 1 aromatic heterocycles. The van der Waals surface area contributed by atoms with Crippen molar-refractivity contribution in [2.45, 2.75) is 6.92 Å². The second-order valence-corrected chi connectivity index (χ2v) is 6.89. The van der Waals surface area contributed by atoms with E-state index in [-0.39, 0.29) is 10.5 Å². The van der Waals surface area contributed by atoms with Crippen molar-refractivity contribution >= 4 is 34.5 Å². The predicted molar refractivity (Wildman–Crippen MR) is 103 cm³/mol. The quantitative estimate of drug-likeness (QED) is 0.443. The minimum Gasteiger partial charge on any atom is -0.268 e. The van der Waals surface area contributed by atoms with E-state index in [2.05, 4.69) is 4.99 Å². The van der Waals surface area contributed by atoms with Crippen LogP contribution in [0.25, 0.3) is 0 Å². The number of aromatic nitrogens is 1. The Morgan fingerprint density at radius 2 is 1.48 bits per heavy atom. The molecule has 0 N–H and O–H groups in total. The fraction of sp³-hybridized carbons (Fsp3) is 0.0556. The van der Waals surface area contributed by atoms with Crippen LogP contribution in [0.1, 0.15) is 26.4 Å². The zero-order chi connectivity index (χ0) is 22.9. The lowest BCUT2D eigenvalue weighted by Crippen LogP contribution is -2.26. The van der Waals surface area contributed by atoms with Gasteiger partial charge in [-0.05, 0) is 31.2 Å². The van der Waals surface area contributed by atoms with Gasteiger partial charge in [0.2, 0.25) is 0 Å². The molecule has 10 nitrogen and oxygen atoms in total. The summed E-state index contributed by atoms with van der Waals surface area (Å²) in [5.74, 6) is -4.05. The van der Waals surface area contributed by atoms with Gasteiger partial charge in [0, 0.05) is 23.2 Å². The van der Waals surface area contributed by atoms with Gasteiger partial charge < -0.3 is 0 Å². The van der Waals surface area contributed by atoms with Gasteiger partial charge in [-0.2, -0.15) is 4.99 Å². The molecule has 0 unspecified atom stereocenters. The summed E-state index contributed by atoms with van der Waals surface area (Å²) in [5, 5.41) is 23.7. The molecule has 31 heavy (non-hydrogen) atoms. The molecule has 0 bridgehead atoms. The summed E-state index contributed by atoms with van der Waals surface area (Å²) in [4.78, 5) is 49.4. The van der Waals surface area contributed by atoms with E-state index in [1.165, 1.54) is 12.3 Å². The Balaban J connectivity index is 2.16. The van der Waals surface area contributed by atoms with Gasteiger partial charge in [0.1, 0.15) is 22.8 Å². The van der Waals surface area contributed by atoms with Gasteiger partial charge in [-0.3, -0.25) is 34.4 Å². The van der Waals surface area contributed by atoms with Crippen LogP contribution >= 0.6 is 11.3 Å². The third-order valence-electron chi connectivity index (χ3n) is 4.05. The summed E-state index contributed by atoms with van der Waals surface area (Å²) >= 11 is 0.786. The number of carbonyl (C=O) groups is 2. The average Bonchev–Trinajstić information content (AvgIpc) is 3.06. The molecule has 0 aliphatic carbocycles. The molecule has 158 valence electrons. The van der Waals surface area contributed by atoms with Gasteiger partial charge in [-0.15, -0.1) is 11.3 Å². The molecular formula is C18H10F2N4O6S. The number of thiazole rings is 1. The van der Waals surface area contributed by atoms with Crippen LogP contribution in [0.3, 0.4) is 0 Å². The maximum absolute atomic E-state index is 13.6. The van der Waals surface area contributed by atoms with Crippen molar-refractivity contribution in [3.63, 3.8) is 0 Å². The lowest BCUT2D eigenvalue weighted by Gasteiger charge is -2.06. The Morgan fingerprint density at radius 1 is 0.968 bits per heavy atom. The van der Waals surface area contributed by atoms with Crippen LogP contribution < -0.4 is 4.80 Å². The number of nitrogens with zero attached hydrogens (tertiary/aromatic N) is 4. The van der Waals surface area contributed by atoms with E-state index in [0.29, 0.717) is 12.1 Å². The molecule has 0 aliphatic heterocycles. The van der Waals surface area contributed by atoms with E-state index in [9.17, 15) is 38.6 Å². The number of aryl methyl sites for hydroxylation is 1. The third kappa shape index (κ3) is 4.25. The summed E-state index contributed by atoms with van der Waals surface area (Å²) in [6, 6.07) is 4.55. The van der Waals surface area contributed by atoms with Crippen LogP contribution in [0.5, 0.6) is 0 Å². The number of amides is 1. The van der Waals surface area contributed by atoms with E-state index >= 15 is 0 Å². The number of nitro groups is 2. The molecule has 0 saturated carbocycles. The van der Waals surface area contributed by atoms with E-state index in [0.717, 1.165) is 40.2 Å². The van der Waals surface area contributed by atoms with Crippen LogP contribution in [-0.4, -0.2) is 26.2 Å². The SMILES string of the molecule is Cc1csc(=NC(=O)c2cc(F)ccc2[N+](=O)[O-])n1C(=O)c1cc(F)ccc1[N+](=O)[O-]. The highest BCUT2D eigenvalue weighted by Gasteiger charge is 2.25. The Hall–Kier alpha value is -4.13. The normalized spacial score (nSPS) is 11.4. The first-order chi connectivity index (χ1) is 14.6.